The molecule has 0 saturated carbocycles. The summed E-state index contributed by atoms with van der Waals surface area (Å²) in [6, 6.07) is 0. The maximum Gasteiger partial charge on any atom is -0.0276 e. The van der Waals surface area contributed by atoms with Crippen LogP contribution in [-0.4, -0.2) is 0 Å². The number of rotatable bonds is 6. The first-order valence-corrected chi connectivity index (χ1v) is 5.27. The number of allylic oxidation sites excluding steroid dienone is 5. The van der Waals surface area contributed by atoms with Crippen molar-refractivity contribution in [3.8, 4) is 0 Å². The standard InChI is InChI=1S/C13H22/c1-5-9-11-13(8-4)12(7-3)10-6-2/h6,8,10H,4-5,7,9,11H2,1-3H3/b10-6-,13-12+. The van der Waals surface area contributed by atoms with Crippen molar-refractivity contribution < 1.29 is 0 Å². The smallest absolute Gasteiger partial charge is 0.0276 e. The van der Waals surface area contributed by atoms with E-state index >= 15 is 0 Å². The van der Waals surface area contributed by atoms with E-state index in [4.69, 9.17) is 0 Å². The van der Waals surface area contributed by atoms with Crippen LogP contribution in [-0.2, 0) is 0 Å². The lowest BCUT2D eigenvalue weighted by molar-refractivity contribution is 0.791. The van der Waals surface area contributed by atoms with Gasteiger partial charge in [-0.1, -0.05) is 45.1 Å². The SMILES string of the molecule is C=C/C(CCCC)=C(\C=C/C)CC. The topological polar surface area (TPSA) is 0 Å². The van der Waals surface area contributed by atoms with Crippen LogP contribution in [0.25, 0.3) is 0 Å². The Balaban J connectivity index is 4.50. The molecule has 0 nitrogen and oxygen atoms in total. The van der Waals surface area contributed by atoms with Gasteiger partial charge in [-0.15, -0.1) is 0 Å². The highest BCUT2D eigenvalue weighted by Crippen LogP contribution is 2.17. The fraction of sp³-hybridized carbons (Fsp3) is 0.538. The number of hydrogen-bond donors (Lipinski definition) is 0. The molecule has 0 aromatic carbocycles. The van der Waals surface area contributed by atoms with Gasteiger partial charge in [0.15, 0.2) is 0 Å². The van der Waals surface area contributed by atoms with Gasteiger partial charge in [-0.05, 0) is 37.3 Å². The van der Waals surface area contributed by atoms with Crippen LogP contribution in [0.1, 0.15) is 46.5 Å². The molecule has 0 unspecified atom stereocenters. The van der Waals surface area contributed by atoms with Crippen molar-refractivity contribution in [3.05, 3.63) is 36.0 Å². The lowest BCUT2D eigenvalue weighted by Gasteiger charge is -2.06. The van der Waals surface area contributed by atoms with E-state index in [1.165, 1.54) is 30.4 Å². The van der Waals surface area contributed by atoms with Gasteiger partial charge in [0.05, 0.1) is 0 Å². The average Bonchev–Trinajstić information content (AvgIpc) is 2.17. The fourth-order valence-electron chi connectivity index (χ4n) is 1.41. The third-order valence-corrected chi connectivity index (χ3v) is 2.21. The molecule has 0 N–H and O–H groups in total. The molecule has 0 radical (unpaired) electrons. The first-order chi connectivity index (χ1) is 6.29. The molecule has 0 atom stereocenters. The van der Waals surface area contributed by atoms with Crippen molar-refractivity contribution in [2.24, 2.45) is 0 Å². The van der Waals surface area contributed by atoms with E-state index < -0.39 is 0 Å². The molecule has 0 bridgehead atoms. The summed E-state index contributed by atoms with van der Waals surface area (Å²) in [5, 5.41) is 0. The lowest BCUT2D eigenvalue weighted by Crippen LogP contribution is -1.86. The predicted molar refractivity (Wildman–Crippen MR) is 61.9 cm³/mol. The fourth-order valence-corrected chi connectivity index (χ4v) is 1.41. The molecule has 0 rings (SSSR count). The molecule has 0 amide bonds. The van der Waals surface area contributed by atoms with Crippen LogP contribution in [0.5, 0.6) is 0 Å². The molecular formula is C13H22. The van der Waals surface area contributed by atoms with Crippen molar-refractivity contribution in [1.29, 1.82) is 0 Å². The highest BCUT2D eigenvalue weighted by atomic mass is 14.0. The summed E-state index contributed by atoms with van der Waals surface area (Å²) >= 11 is 0. The van der Waals surface area contributed by atoms with Gasteiger partial charge in [0.2, 0.25) is 0 Å². The first kappa shape index (κ1) is 12.2. The van der Waals surface area contributed by atoms with Crippen LogP contribution >= 0.6 is 0 Å². The van der Waals surface area contributed by atoms with Crippen molar-refractivity contribution in [2.45, 2.75) is 46.5 Å². The third-order valence-electron chi connectivity index (χ3n) is 2.21. The summed E-state index contributed by atoms with van der Waals surface area (Å²) in [7, 11) is 0. The van der Waals surface area contributed by atoms with E-state index in [-0.39, 0.29) is 0 Å². The minimum Gasteiger partial charge on any atom is -0.0988 e. The van der Waals surface area contributed by atoms with Gasteiger partial charge in [0.1, 0.15) is 0 Å². The highest BCUT2D eigenvalue weighted by Gasteiger charge is 1.97. The van der Waals surface area contributed by atoms with Gasteiger partial charge in [0.25, 0.3) is 0 Å². The minimum absolute atomic E-state index is 1.11. The summed E-state index contributed by atoms with van der Waals surface area (Å²) in [5.74, 6) is 0. The molecule has 0 heterocycles. The summed E-state index contributed by atoms with van der Waals surface area (Å²) in [4.78, 5) is 0. The predicted octanol–water partition coefficient (Wildman–Crippen LogP) is 4.65. The Morgan fingerprint density at radius 3 is 2.31 bits per heavy atom. The molecule has 0 aliphatic carbocycles. The van der Waals surface area contributed by atoms with Gasteiger partial charge >= 0.3 is 0 Å². The van der Waals surface area contributed by atoms with Gasteiger partial charge in [-0.3, -0.25) is 0 Å². The second kappa shape index (κ2) is 7.85. The molecule has 74 valence electrons. The maximum atomic E-state index is 3.87. The van der Waals surface area contributed by atoms with Crippen LogP contribution < -0.4 is 0 Å². The van der Waals surface area contributed by atoms with E-state index in [2.05, 4.69) is 39.5 Å². The zero-order valence-corrected chi connectivity index (χ0v) is 9.27. The van der Waals surface area contributed by atoms with Crippen LogP contribution in [0, 0.1) is 0 Å². The Bertz CT molecular complexity index is 194. The molecule has 0 aromatic heterocycles. The summed E-state index contributed by atoms with van der Waals surface area (Å²) < 4.78 is 0. The minimum atomic E-state index is 1.11. The Labute approximate surface area is 83.0 Å². The van der Waals surface area contributed by atoms with Crippen molar-refractivity contribution in [2.75, 3.05) is 0 Å². The molecule has 0 spiro atoms. The normalized spacial score (nSPS) is 13.2. The first-order valence-electron chi connectivity index (χ1n) is 5.27. The van der Waals surface area contributed by atoms with Crippen molar-refractivity contribution in [1.82, 2.24) is 0 Å². The molecule has 0 aliphatic heterocycles. The third kappa shape index (κ3) is 4.72. The maximum absolute atomic E-state index is 3.87. The Morgan fingerprint density at radius 2 is 1.92 bits per heavy atom. The highest BCUT2D eigenvalue weighted by molar-refractivity contribution is 5.31. The van der Waals surface area contributed by atoms with Crippen molar-refractivity contribution in [3.63, 3.8) is 0 Å². The molecule has 0 fully saturated rings. The molecular weight excluding hydrogens is 156 g/mol. The molecule has 13 heavy (non-hydrogen) atoms. The summed E-state index contributed by atoms with van der Waals surface area (Å²) in [6.45, 7) is 10.4. The van der Waals surface area contributed by atoms with Crippen LogP contribution in [0.15, 0.2) is 36.0 Å². The van der Waals surface area contributed by atoms with E-state index in [0.29, 0.717) is 0 Å². The van der Waals surface area contributed by atoms with Gasteiger partial charge < -0.3 is 0 Å². The molecule has 0 saturated heterocycles. The van der Waals surface area contributed by atoms with E-state index in [9.17, 15) is 0 Å². The molecule has 0 aliphatic rings. The quantitative estimate of drug-likeness (QED) is 0.519. The Morgan fingerprint density at radius 1 is 1.23 bits per heavy atom. The summed E-state index contributed by atoms with van der Waals surface area (Å²) in [5.41, 5.74) is 2.86. The monoisotopic (exact) mass is 178 g/mol. The molecule has 0 aromatic rings. The zero-order valence-electron chi connectivity index (χ0n) is 9.27. The van der Waals surface area contributed by atoms with Crippen LogP contribution in [0.2, 0.25) is 0 Å². The lowest BCUT2D eigenvalue weighted by atomic mass is 10.00. The van der Waals surface area contributed by atoms with Gasteiger partial charge in [0, 0.05) is 0 Å². The number of unbranched alkanes of at least 4 members (excludes halogenated alkanes) is 1. The van der Waals surface area contributed by atoms with E-state index in [0.717, 1.165) is 6.42 Å². The summed E-state index contributed by atoms with van der Waals surface area (Å²) in [6.07, 6.45) is 11.1. The second-order valence-electron chi connectivity index (χ2n) is 3.21. The van der Waals surface area contributed by atoms with E-state index in [1.807, 2.05) is 6.08 Å². The Hall–Kier alpha value is -0.780. The van der Waals surface area contributed by atoms with Gasteiger partial charge in [-0.25, -0.2) is 0 Å². The molecule has 0 heteroatoms. The Kier molecular flexibility index (Phi) is 7.38. The average molecular weight is 178 g/mol. The van der Waals surface area contributed by atoms with Gasteiger partial charge in [-0.2, -0.15) is 0 Å². The number of hydrogen-bond acceptors (Lipinski definition) is 0. The van der Waals surface area contributed by atoms with Crippen LogP contribution in [0.3, 0.4) is 0 Å². The second-order valence-corrected chi connectivity index (χ2v) is 3.21. The largest absolute Gasteiger partial charge is 0.0988 e. The van der Waals surface area contributed by atoms with E-state index in [1.54, 1.807) is 0 Å². The van der Waals surface area contributed by atoms with Crippen molar-refractivity contribution >= 4 is 0 Å². The van der Waals surface area contributed by atoms with Crippen LogP contribution in [0.4, 0.5) is 0 Å². The zero-order chi connectivity index (χ0) is 10.1.